The van der Waals surface area contributed by atoms with Gasteiger partial charge in [-0.25, -0.2) is 0 Å². The summed E-state index contributed by atoms with van der Waals surface area (Å²) >= 11 is 0. The quantitative estimate of drug-likeness (QED) is 0.624. The van der Waals surface area contributed by atoms with Gasteiger partial charge in [0.15, 0.2) is 11.5 Å². The average Bonchev–Trinajstić information content (AvgIpc) is 2.30. The van der Waals surface area contributed by atoms with Crippen molar-refractivity contribution >= 4 is 11.6 Å². The van der Waals surface area contributed by atoms with Gasteiger partial charge in [0, 0.05) is 17.3 Å². The lowest BCUT2D eigenvalue weighted by molar-refractivity contribution is -0.118. The van der Waals surface area contributed by atoms with Gasteiger partial charge >= 0.3 is 0 Å². The highest BCUT2D eigenvalue weighted by Crippen LogP contribution is 2.22. The molecule has 0 bridgehead atoms. The summed E-state index contributed by atoms with van der Waals surface area (Å²) < 4.78 is 4.96. The molecular weight excluding hydrogens is 246 g/mol. The summed E-state index contributed by atoms with van der Waals surface area (Å²) in [5.74, 6) is -0.453. The molecule has 1 aliphatic carbocycles. The number of nitrogens with zero attached hydrogens (tertiary/aromatic N) is 1. The van der Waals surface area contributed by atoms with Crippen molar-refractivity contribution in [1.82, 2.24) is 5.06 Å². The highest BCUT2D eigenvalue weighted by molar-refractivity contribution is 6.14. The van der Waals surface area contributed by atoms with Gasteiger partial charge in [-0.1, -0.05) is 0 Å². The first kappa shape index (κ1) is 15.2. The maximum Gasteiger partial charge on any atom is 0.229 e. The first-order chi connectivity index (χ1) is 8.66. The van der Waals surface area contributed by atoms with Crippen LogP contribution in [0.1, 0.15) is 27.7 Å². The number of hydroxylamine groups is 2. The number of hydrogen-bond acceptors (Lipinski definition) is 5. The Hall–Kier alpha value is -1.88. The van der Waals surface area contributed by atoms with E-state index in [1.165, 1.54) is 32.4 Å². The van der Waals surface area contributed by atoms with Crippen molar-refractivity contribution in [2.75, 3.05) is 7.11 Å². The number of rotatable bonds is 3. The van der Waals surface area contributed by atoms with Crippen molar-refractivity contribution in [3.63, 3.8) is 0 Å². The topological polar surface area (TPSA) is 66.8 Å². The third kappa shape index (κ3) is 3.54. The van der Waals surface area contributed by atoms with Crippen LogP contribution in [0.3, 0.4) is 0 Å². The van der Waals surface area contributed by atoms with Gasteiger partial charge in [-0.2, -0.15) is 0 Å². The summed E-state index contributed by atoms with van der Waals surface area (Å²) in [6.45, 7) is 6.78. The molecule has 0 aromatic rings. The molecule has 0 aromatic carbocycles. The number of carbonyl (C=O) groups is 2. The number of methoxy groups -OCH3 is 1. The van der Waals surface area contributed by atoms with E-state index in [9.17, 15) is 14.8 Å². The standard InChI is InChI=1S/C14H19NO4/c1-9(16)10-6-11(8-15(18)14(2,3)4)13(17)12(7-10)19-5/h6-8,18H,1-5H3/b11-8+. The van der Waals surface area contributed by atoms with Crippen molar-refractivity contribution in [3.05, 3.63) is 35.3 Å². The van der Waals surface area contributed by atoms with Gasteiger partial charge < -0.3 is 4.74 Å². The highest BCUT2D eigenvalue weighted by Gasteiger charge is 2.24. The van der Waals surface area contributed by atoms with Crippen LogP contribution in [0.2, 0.25) is 0 Å². The molecule has 0 heterocycles. The molecule has 0 spiro atoms. The predicted molar refractivity (Wildman–Crippen MR) is 70.3 cm³/mol. The van der Waals surface area contributed by atoms with Crippen molar-refractivity contribution < 1.29 is 19.5 Å². The van der Waals surface area contributed by atoms with E-state index in [1.54, 1.807) is 20.8 Å². The molecule has 1 rings (SSSR count). The van der Waals surface area contributed by atoms with Gasteiger partial charge in [0.05, 0.1) is 12.6 Å². The van der Waals surface area contributed by atoms with Crippen molar-refractivity contribution in [2.45, 2.75) is 33.2 Å². The number of hydrogen-bond donors (Lipinski definition) is 1. The molecule has 0 aliphatic heterocycles. The normalized spacial score (nSPS) is 18.0. The van der Waals surface area contributed by atoms with Gasteiger partial charge in [0.2, 0.25) is 5.78 Å². The molecule has 0 aromatic heterocycles. The first-order valence-corrected chi connectivity index (χ1v) is 5.90. The Morgan fingerprint density at radius 3 is 2.37 bits per heavy atom. The summed E-state index contributed by atoms with van der Waals surface area (Å²) in [5, 5.41) is 10.8. The summed E-state index contributed by atoms with van der Waals surface area (Å²) in [4.78, 5) is 23.4. The minimum atomic E-state index is -0.550. The van der Waals surface area contributed by atoms with Crippen molar-refractivity contribution in [1.29, 1.82) is 0 Å². The smallest absolute Gasteiger partial charge is 0.229 e. The third-order valence-corrected chi connectivity index (χ3v) is 2.66. The van der Waals surface area contributed by atoms with Gasteiger partial charge in [0.1, 0.15) is 0 Å². The summed E-state index contributed by atoms with van der Waals surface area (Å²) in [6.07, 6.45) is 4.15. The zero-order valence-electron chi connectivity index (χ0n) is 11.9. The van der Waals surface area contributed by atoms with E-state index in [0.29, 0.717) is 5.57 Å². The molecule has 0 unspecified atom stereocenters. The fourth-order valence-corrected chi connectivity index (χ4v) is 1.40. The monoisotopic (exact) mass is 265 g/mol. The van der Waals surface area contributed by atoms with Crippen LogP contribution in [-0.2, 0) is 14.3 Å². The molecule has 0 radical (unpaired) electrons. The molecule has 104 valence electrons. The zero-order chi connectivity index (χ0) is 14.8. The number of Topliss-reactive ketones (excluding diaryl/α,β-unsaturated/α-hetero) is 2. The second-order valence-electron chi connectivity index (χ2n) is 5.30. The van der Waals surface area contributed by atoms with E-state index in [-0.39, 0.29) is 22.9 Å². The summed E-state index contributed by atoms with van der Waals surface area (Å²) in [5.41, 5.74) is 0.0262. The third-order valence-electron chi connectivity index (χ3n) is 2.66. The number of ketones is 2. The second-order valence-corrected chi connectivity index (χ2v) is 5.30. The van der Waals surface area contributed by atoms with Gasteiger partial charge in [-0.05, 0) is 39.8 Å². The van der Waals surface area contributed by atoms with E-state index >= 15 is 0 Å². The molecule has 1 N–H and O–H groups in total. The van der Waals surface area contributed by atoms with E-state index in [4.69, 9.17) is 4.74 Å². The Morgan fingerprint density at radius 2 is 1.95 bits per heavy atom. The molecule has 0 amide bonds. The Bertz CT molecular complexity index is 492. The maximum absolute atomic E-state index is 12.0. The molecular formula is C14H19NO4. The number of ether oxygens (including phenoxy) is 1. The molecule has 0 saturated heterocycles. The van der Waals surface area contributed by atoms with Gasteiger partial charge in [-0.3, -0.25) is 19.9 Å². The van der Waals surface area contributed by atoms with Gasteiger partial charge in [0.25, 0.3) is 0 Å². The molecule has 0 atom stereocenters. The lowest BCUT2D eigenvalue weighted by Gasteiger charge is -2.29. The van der Waals surface area contributed by atoms with E-state index in [1.807, 2.05) is 0 Å². The van der Waals surface area contributed by atoms with E-state index in [0.717, 1.165) is 5.06 Å². The second kappa shape index (κ2) is 5.40. The number of carbonyl (C=O) groups excluding carboxylic acids is 2. The Morgan fingerprint density at radius 1 is 1.37 bits per heavy atom. The lowest BCUT2D eigenvalue weighted by atomic mass is 9.97. The average molecular weight is 265 g/mol. The van der Waals surface area contributed by atoms with Crippen molar-refractivity contribution in [2.24, 2.45) is 0 Å². The van der Waals surface area contributed by atoms with Crippen molar-refractivity contribution in [3.8, 4) is 0 Å². The van der Waals surface area contributed by atoms with Crippen LogP contribution in [0.25, 0.3) is 0 Å². The molecule has 0 saturated carbocycles. The maximum atomic E-state index is 12.0. The van der Waals surface area contributed by atoms with Crippen LogP contribution in [0.4, 0.5) is 0 Å². The van der Waals surface area contributed by atoms with Gasteiger partial charge in [-0.15, -0.1) is 0 Å². The summed E-state index contributed by atoms with van der Waals surface area (Å²) in [7, 11) is 1.37. The fraction of sp³-hybridized carbons (Fsp3) is 0.429. The molecule has 19 heavy (non-hydrogen) atoms. The molecule has 5 heteroatoms. The minimum Gasteiger partial charge on any atom is -0.493 e. The van der Waals surface area contributed by atoms with Crippen LogP contribution < -0.4 is 0 Å². The number of allylic oxidation sites excluding steroid dienone is 4. The van der Waals surface area contributed by atoms with Crippen LogP contribution in [0.15, 0.2) is 35.3 Å². The van der Waals surface area contributed by atoms with Crippen LogP contribution in [0.5, 0.6) is 0 Å². The van der Waals surface area contributed by atoms with Crippen LogP contribution in [-0.4, -0.2) is 34.5 Å². The Labute approximate surface area is 112 Å². The largest absolute Gasteiger partial charge is 0.493 e. The lowest BCUT2D eigenvalue weighted by Crippen LogP contribution is -2.35. The molecule has 0 fully saturated rings. The highest BCUT2D eigenvalue weighted by atomic mass is 16.5. The predicted octanol–water partition coefficient (Wildman–Crippen LogP) is 1.99. The van der Waals surface area contributed by atoms with E-state index in [2.05, 4.69) is 0 Å². The molecule has 1 aliphatic rings. The zero-order valence-corrected chi connectivity index (χ0v) is 11.9. The van der Waals surface area contributed by atoms with Crippen LogP contribution in [0, 0.1) is 0 Å². The van der Waals surface area contributed by atoms with Crippen LogP contribution >= 0.6 is 0 Å². The Balaban J connectivity index is 3.21. The van der Waals surface area contributed by atoms with E-state index < -0.39 is 5.54 Å². The first-order valence-electron chi connectivity index (χ1n) is 5.90. The molecule has 5 nitrogen and oxygen atoms in total. The summed E-state index contributed by atoms with van der Waals surface area (Å²) in [6, 6.07) is 0. The Kier molecular flexibility index (Phi) is 4.32. The fourth-order valence-electron chi connectivity index (χ4n) is 1.40. The SMILES string of the molecule is COC1=CC(C(C)=O)=C/C(=C\N(O)C(C)(C)C)C1=O. The minimum absolute atomic E-state index is 0.0845.